The van der Waals surface area contributed by atoms with Crippen LogP contribution in [0.1, 0.15) is 42.1 Å². The number of carbonyl (C=O) groups excluding carboxylic acids is 1. The van der Waals surface area contributed by atoms with Crippen molar-refractivity contribution >= 4 is 22.4 Å². The molecular formula is C21H21NO. The molecule has 1 N–H and O–H groups in total. The number of fused-ring (bicyclic) bond motifs is 1. The van der Waals surface area contributed by atoms with Crippen molar-refractivity contribution in [3.8, 4) is 0 Å². The van der Waals surface area contributed by atoms with Crippen molar-refractivity contribution in [2.24, 2.45) is 0 Å². The van der Waals surface area contributed by atoms with Gasteiger partial charge in [-0.05, 0) is 46.9 Å². The summed E-state index contributed by atoms with van der Waals surface area (Å²) in [5.74, 6) is 0.356. The van der Waals surface area contributed by atoms with Gasteiger partial charge in [-0.15, -0.1) is 0 Å². The largest absolute Gasteiger partial charge is 0.322 e. The quantitative estimate of drug-likeness (QED) is 0.667. The standard InChI is InChI=1S/C21H21NO/c1-3-15(2)19-10-6-7-11-20(19)22-21(23)18-13-12-16-8-4-5-9-17(16)14-18/h4-15H,3H2,1-2H3,(H,22,23). The van der Waals surface area contributed by atoms with Gasteiger partial charge in [-0.25, -0.2) is 0 Å². The van der Waals surface area contributed by atoms with Crippen molar-refractivity contribution in [2.45, 2.75) is 26.2 Å². The van der Waals surface area contributed by atoms with E-state index in [0.29, 0.717) is 11.5 Å². The topological polar surface area (TPSA) is 29.1 Å². The molecule has 0 aliphatic heterocycles. The van der Waals surface area contributed by atoms with Gasteiger partial charge in [0.15, 0.2) is 0 Å². The maximum absolute atomic E-state index is 12.6. The van der Waals surface area contributed by atoms with Gasteiger partial charge in [-0.1, -0.05) is 62.4 Å². The van der Waals surface area contributed by atoms with Gasteiger partial charge in [0.05, 0.1) is 0 Å². The van der Waals surface area contributed by atoms with Gasteiger partial charge in [0, 0.05) is 11.3 Å². The molecule has 0 aliphatic rings. The Morgan fingerprint density at radius 1 is 0.957 bits per heavy atom. The molecule has 3 aromatic rings. The molecule has 0 radical (unpaired) electrons. The van der Waals surface area contributed by atoms with Crippen molar-refractivity contribution < 1.29 is 4.79 Å². The lowest BCUT2D eigenvalue weighted by Gasteiger charge is -2.15. The Hall–Kier alpha value is -2.61. The molecule has 0 heterocycles. The molecule has 2 nitrogen and oxygen atoms in total. The molecule has 3 aromatic carbocycles. The second-order valence-electron chi connectivity index (χ2n) is 5.91. The smallest absolute Gasteiger partial charge is 0.255 e. The average Bonchev–Trinajstić information content (AvgIpc) is 2.61. The first-order valence-corrected chi connectivity index (χ1v) is 8.08. The number of rotatable bonds is 4. The Balaban J connectivity index is 1.89. The van der Waals surface area contributed by atoms with Gasteiger partial charge in [-0.3, -0.25) is 4.79 Å². The molecule has 0 saturated carbocycles. The highest BCUT2D eigenvalue weighted by Crippen LogP contribution is 2.27. The molecule has 2 heteroatoms. The van der Waals surface area contributed by atoms with Crippen LogP contribution in [0.5, 0.6) is 0 Å². The zero-order valence-corrected chi connectivity index (χ0v) is 13.5. The van der Waals surface area contributed by atoms with Crippen LogP contribution in [0.2, 0.25) is 0 Å². The van der Waals surface area contributed by atoms with Crippen molar-refractivity contribution in [3.05, 3.63) is 77.9 Å². The number of amides is 1. The maximum Gasteiger partial charge on any atom is 0.255 e. The van der Waals surface area contributed by atoms with E-state index in [-0.39, 0.29) is 5.91 Å². The Kier molecular flexibility index (Phi) is 4.42. The van der Waals surface area contributed by atoms with Crippen LogP contribution in [0.4, 0.5) is 5.69 Å². The molecule has 116 valence electrons. The zero-order valence-electron chi connectivity index (χ0n) is 13.5. The summed E-state index contributed by atoms with van der Waals surface area (Å²) >= 11 is 0. The summed E-state index contributed by atoms with van der Waals surface area (Å²) in [6.45, 7) is 4.34. The normalized spacial score (nSPS) is 12.1. The summed E-state index contributed by atoms with van der Waals surface area (Å²) in [4.78, 5) is 12.6. The highest BCUT2D eigenvalue weighted by atomic mass is 16.1. The Labute approximate surface area is 137 Å². The Morgan fingerprint density at radius 3 is 2.43 bits per heavy atom. The third-order valence-corrected chi connectivity index (χ3v) is 4.36. The van der Waals surface area contributed by atoms with E-state index >= 15 is 0 Å². The van der Waals surface area contributed by atoms with E-state index in [0.717, 1.165) is 22.9 Å². The lowest BCUT2D eigenvalue weighted by molar-refractivity contribution is 0.102. The summed E-state index contributed by atoms with van der Waals surface area (Å²) in [6, 6.07) is 21.9. The van der Waals surface area contributed by atoms with Crippen molar-refractivity contribution in [1.29, 1.82) is 0 Å². The van der Waals surface area contributed by atoms with Crippen molar-refractivity contribution in [3.63, 3.8) is 0 Å². The third-order valence-electron chi connectivity index (χ3n) is 4.36. The number of nitrogens with one attached hydrogen (secondary N) is 1. The molecule has 0 saturated heterocycles. The van der Waals surface area contributed by atoms with Crippen LogP contribution in [0.25, 0.3) is 10.8 Å². The van der Waals surface area contributed by atoms with Crippen LogP contribution in [-0.4, -0.2) is 5.91 Å². The van der Waals surface area contributed by atoms with E-state index in [9.17, 15) is 4.79 Å². The van der Waals surface area contributed by atoms with Crippen LogP contribution >= 0.6 is 0 Å². The van der Waals surface area contributed by atoms with Gasteiger partial charge in [-0.2, -0.15) is 0 Å². The highest BCUT2D eigenvalue weighted by Gasteiger charge is 2.12. The van der Waals surface area contributed by atoms with E-state index in [1.54, 1.807) is 0 Å². The van der Waals surface area contributed by atoms with E-state index in [4.69, 9.17) is 0 Å². The van der Waals surface area contributed by atoms with Gasteiger partial charge >= 0.3 is 0 Å². The van der Waals surface area contributed by atoms with E-state index < -0.39 is 0 Å². The van der Waals surface area contributed by atoms with Crippen LogP contribution < -0.4 is 5.32 Å². The number of hydrogen-bond acceptors (Lipinski definition) is 1. The fourth-order valence-corrected chi connectivity index (χ4v) is 2.79. The number of benzene rings is 3. The Morgan fingerprint density at radius 2 is 1.65 bits per heavy atom. The molecule has 0 aromatic heterocycles. The Bertz CT molecular complexity index is 838. The van der Waals surface area contributed by atoms with Crippen molar-refractivity contribution in [2.75, 3.05) is 5.32 Å². The molecule has 0 fully saturated rings. The number of para-hydroxylation sites is 1. The second kappa shape index (κ2) is 6.66. The minimum Gasteiger partial charge on any atom is -0.322 e. The summed E-state index contributed by atoms with van der Waals surface area (Å²) < 4.78 is 0. The fourth-order valence-electron chi connectivity index (χ4n) is 2.79. The second-order valence-corrected chi connectivity index (χ2v) is 5.91. The molecule has 1 unspecified atom stereocenters. The average molecular weight is 303 g/mol. The first-order chi connectivity index (χ1) is 11.2. The van der Waals surface area contributed by atoms with Gasteiger partial charge in [0.2, 0.25) is 0 Å². The molecule has 1 amide bonds. The van der Waals surface area contributed by atoms with Gasteiger partial charge < -0.3 is 5.32 Å². The van der Waals surface area contributed by atoms with Gasteiger partial charge in [0.1, 0.15) is 0 Å². The molecule has 1 atom stereocenters. The maximum atomic E-state index is 12.6. The number of hydrogen-bond donors (Lipinski definition) is 1. The lowest BCUT2D eigenvalue weighted by atomic mass is 9.96. The lowest BCUT2D eigenvalue weighted by Crippen LogP contribution is -2.13. The molecular weight excluding hydrogens is 282 g/mol. The van der Waals surface area contributed by atoms with E-state index in [1.165, 1.54) is 5.56 Å². The monoisotopic (exact) mass is 303 g/mol. The molecule has 0 aliphatic carbocycles. The minimum atomic E-state index is -0.0634. The number of anilines is 1. The zero-order chi connectivity index (χ0) is 16.2. The van der Waals surface area contributed by atoms with Crippen LogP contribution in [0.3, 0.4) is 0 Å². The summed E-state index contributed by atoms with van der Waals surface area (Å²) in [5.41, 5.74) is 2.77. The SMILES string of the molecule is CCC(C)c1ccccc1NC(=O)c1ccc2ccccc2c1. The predicted molar refractivity (Wildman–Crippen MR) is 97.0 cm³/mol. The summed E-state index contributed by atoms with van der Waals surface area (Å²) in [7, 11) is 0. The van der Waals surface area contributed by atoms with Crippen LogP contribution in [0.15, 0.2) is 66.7 Å². The highest BCUT2D eigenvalue weighted by molar-refractivity contribution is 6.06. The van der Waals surface area contributed by atoms with Crippen molar-refractivity contribution in [1.82, 2.24) is 0 Å². The minimum absolute atomic E-state index is 0.0634. The molecule has 3 rings (SSSR count). The van der Waals surface area contributed by atoms with Crippen LogP contribution in [-0.2, 0) is 0 Å². The molecule has 23 heavy (non-hydrogen) atoms. The van der Waals surface area contributed by atoms with Gasteiger partial charge in [0.25, 0.3) is 5.91 Å². The summed E-state index contributed by atoms with van der Waals surface area (Å²) in [6.07, 6.45) is 1.04. The molecule has 0 spiro atoms. The first-order valence-electron chi connectivity index (χ1n) is 8.08. The first kappa shape index (κ1) is 15.3. The number of carbonyl (C=O) groups is 1. The van der Waals surface area contributed by atoms with E-state index in [2.05, 4.69) is 31.3 Å². The van der Waals surface area contributed by atoms with Crippen LogP contribution in [0, 0.1) is 0 Å². The predicted octanol–water partition coefficient (Wildman–Crippen LogP) is 5.61. The fraction of sp³-hybridized carbons (Fsp3) is 0.190. The summed E-state index contributed by atoms with van der Waals surface area (Å²) in [5, 5.41) is 5.29. The molecule has 0 bridgehead atoms. The third kappa shape index (κ3) is 3.26. The van der Waals surface area contributed by atoms with E-state index in [1.807, 2.05) is 54.6 Å².